The van der Waals surface area contributed by atoms with Crippen LogP contribution in [0.3, 0.4) is 0 Å². The van der Waals surface area contributed by atoms with E-state index in [0.29, 0.717) is 6.42 Å². The summed E-state index contributed by atoms with van der Waals surface area (Å²) in [6, 6.07) is 39.0. The molecule has 9 heteroatoms. The molecule has 44 heavy (non-hydrogen) atoms. The van der Waals surface area contributed by atoms with E-state index in [9.17, 15) is 4.79 Å². The van der Waals surface area contributed by atoms with Crippen molar-refractivity contribution in [3.8, 4) is 11.3 Å². The second kappa shape index (κ2) is 21.0. The van der Waals surface area contributed by atoms with Crippen LogP contribution in [0.4, 0.5) is 0 Å². The van der Waals surface area contributed by atoms with Gasteiger partial charge in [0, 0.05) is 57.5 Å². The van der Waals surface area contributed by atoms with Crippen LogP contribution in [0.2, 0.25) is 0 Å². The molecule has 6 aromatic rings. The van der Waals surface area contributed by atoms with Crippen LogP contribution in [0.1, 0.15) is 30.8 Å². The molecule has 2 unspecified atom stereocenters. The van der Waals surface area contributed by atoms with Crippen LogP contribution in [-0.4, -0.2) is 48.4 Å². The monoisotopic (exact) mass is 765 g/mol. The van der Waals surface area contributed by atoms with Crippen molar-refractivity contribution in [1.82, 2.24) is 15.0 Å². The van der Waals surface area contributed by atoms with E-state index < -0.39 is 5.97 Å². The van der Waals surface area contributed by atoms with Gasteiger partial charge in [0.1, 0.15) is 5.69 Å². The van der Waals surface area contributed by atoms with Crippen LogP contribution in [0, 0.1) is 12.1 Å². The van der Waals surface area contributed by atoms with Crippen molar-refractivity contribution >= 4 is 27.6 Å². The van der Waals surface area contributed by atoms with E-state index in [4.69, 9.17) is 15.3 Å². The van der Waals surface area contributed by atoms with E-state index in [2.05, 4.69) is 51.4 Å². The average molecular weight is 765 g/mol. The number of carbonyl (C=O) groups is 1. The standard InChI is InChI=1S/C13H8N.C11H8N.C6H5NO2.C5H12O2.2Rh/c1-2-6-12-10(4-1)7-8-11-5-3-9-14-13(11)12;1-2-6-10(7-3-1)11-8-4-5-9-12-11;8-6(9)5-3-1-2-4-7-5;1-4(6)3-5(2)7;;/h1-5,7-9H;1-6,8-9H;1-4H,(H,8,9);4-7H,3H2,1-2H3;;/q2*-1;;;;. The minimum atomic E-state index is -0.990. The Morgan fingerprint density at radius 3 is 1.84 bits per heavy atom. The zero-order valence-corrected chi connectivity index (χ0v) is 27.4. The first kappa shape index (κ1) is 38.3. The quantitative estimate of drug-likeness (QED) is 0.105. The molecule has 0 saturated carbocycles. The molecule has 6 rings (SSSR count). The number of carboxylic acids is 1. The summed E-state index contributed by atoms with van der Waals surface area (Å²) in [4.78, 5) is 22.3. The number of aliphatic hydroxyl groups excluding tert-OH is 2. The molecule has 0 saturated heterocycles. The van der Waals surface area contributed by atoms with Gasteiger partial charge in [-0.2, -0.15) is 0 Å². The SMILES string of the molecule is CC(O)CC(C)O.O=C(O)c1ccccn1.[Rh].[Rh].[c-]1cccc2ccc3cccnc3c12.[c-]1ccccc1-c1ccccn1. The number of aromatic carboxylic acids is 1. The fourth-order valence-corrected chi connectivity index (χ4v) is 3.79. The molecule has 3 aromatic carbocycles. The molecule has 0 aliphatic carbocycles. The Morgan fingerprint density at radius 2 is 1.30 bits per heavy atom. The minimum absolute atomic E-state index is 0. The third kappa shape index (κ3) is 13.3. The van der Waals surface area contributed by atoms with E-state index >= 15 is 0 Å². The summed E-state index contributed by atoms with van der Waals surface area (Å²) in [7, 11) is 0. The second-order valence-electron chi connectivity index (χ2n) is 9.22. The maximum atomic E-state index is 10.1. The zero-order valence-electron chi connectivity index (χ0n) is 24.2. The van der Waals surface area contributed by atoms with Gasteiger partial charge in [-0.05, 0) is 61.1 Å². The molecular weight excluding hydrogens is 732 g/mol. The number of aliphatic hydroxyl groups is 2. The minimum Gasteiger partial charge on any atom is -0.477 e. The van der Waals surface area contributed by atoms with Crippen molar-refractivity contribution < 1.29 is 59.1 Å². The molecule has 0 bridgehead atoms. The van der Waals surface area contributed by atoms with Crippen molar-refractivity contribution in [1.29, 1.82) is 0 Å². The Hall–Kier alpha value is -3.73. The van der Waals surface area contributed by atoms with E-state index in [-0.39, 0.29) is 56.9 Å². The topological polar surface area (TPSA) is 116 Å². The Labute approximate surface area is 283 Å². The molecule has 3 aromatic heterocycles. The Balaban J connectivity index is 0.000000299. The van der Waals surface area contributed by atoms with Crippen LogP contribution >= 0.6 is 0 Å². The molecule has 0 spiro atoms. The Bertz CT molecular complexity index is 1540. The van der Waals surface area contributed by atoms with Gasteiger partial charge in [0.05, 0.1) is 12.2 Å². The summed E-state index contributed by atoms with van der Waals surface area (Å²) >= 11 is 0. The molecule has 7 nitrogen and oxygen atoms in total. The van der Waals surface area contributed by atoms with Crippen LogP contribution in [0.25, 0.3) is 32.9 Å². The fraction of sp³-hybridized carbons (Fsp3) is 0.143. The smallest absolute Gasteiger partial charge is 0.354 e. The molecule has 3 N–H and O–H groups in total. The predicted molar refractivity (Wildman–Crippen MR) is 166 cm³/mol. The van der Waals surface area contributed by atoms with Crippen molar-refractivity contribution in [2.24, 2.45) is 0 Å². The summed E-state index contributed by atoms with van der Waals surface area (Å²) in [5.74, 6) is -0.990. The van der Waals surface area contributed by atoms with Crippen molar-refractivity contribution in [3.63, 3.8) is 0 Å². The van der Waals surface area contributed by atoms with E-state index in [1.54, 1.807) is 32.2 Å². The molecule has 0 aliphatic heterocycles. The van der Waals surface area contributed by atoms with Gasteiger partial charge in [0.25, 0.3) is 0 Å². The van der Waals surface area contributed by atoms with Gasteiger partial charge >= 0.3 is 5.97 Å². The van der Waals surface area contributed by atoms with Crippen molar-refractivity contribution in [3.05, 3.63) is 140 Å². The van der Waals surface area contributed by atoms with Crippen molar-refractivity contribution in [2.75, 3.05) is 0 Å². The summed E-state index contributed by atoms with van der Waals surface area (Å²) in [6.45, 7) is 3.32. The second-order valence-corrected chi connectivity index (χ2v) is 9.22. The maximum Gasteiger partial charge on any atom is 0.354 e. The van der Waals surface area contributed by atoms with Gasteiger partial charge in [0.2, 0.25) is 0 Å². The number of hydrogen-bond acceptors (Lipinski definition) is 6. The number of pyridine rings is 3. The summed E-state index contributed by atoms with van der Waals surface area (Å²) in [6.07, 6.45) is 4.78. The third-order valence-corrected chi connectivity index (χ3v) is 5.62. The van der Waals surface area contributed by atoms with E-state index in [0.717, 1.165) is 22.2 Å². The first-order valence-corrected chi connectivity index (χ1v) is 13.4. The largest absolute Gasteiger partial charge is 0.477 e. The van der Waals surface area contributed by atoms with Gasteiger partial charge in [-0.15, -0.1) is 70.9 Å². The van der Waals surface area contributed by atoms with Crippen molar-refractivity contribution in [2.45, 2.75) is 32.5 Å². The molecule has 0 fully saturated rings. The van der Waals surface area contributed by atoms with E-state index in [1.807, 2.05) is 66.9 Å². The molecule has 232 valence electrons. The molecule has 0 amide bonds. The first-order chi connectivity index (χ1) is 20.3. The number of hydrogen-bond donors (Lipinski definition) is 3. The van der Waals surface area contributed by atoms with Gasteiger partial charge in [-0.25, -0.2) is 9.78 Å². The molecule has 2 radical (unpaired) electrons. The van der Waals surface area contributed by atoms with E-state index in [1.165, 1.54) is 23.0 Å². The molecular formula is C35H33N3O4Rh2-2. The average Bonchev–Trinajstić information content (AvgIpc) is 3.02. The zero-order chi connectivity index (χ0) is 30.2. The first-order valence-electron chi connectivity index (χ1n) is 13.4. The summed E-state index contributed by atoms with van der Waals surface area (Å²) < 4.78 is 0. The van der Waals surface area contributed by atoms with Gasteiger partial charge in [-0.1, -0.05) is 36.4 Å². The number of aromatic nitrogens is 3. The Kier molecular flexibility index (Phi) is 18.3. The predicted octanol–water partition coefficient (Wildman–Crippen LogP) is 6.65. The fourth-order valence-electron chi connectivity index (χ4n) is 3.79. The summed E-state index contributed by atoms with van der Waals surface area (Å²) in [5.41, 5.74) is 3.12. The van der Waals surface area contributed by atoms with Gasteiger partial charge in [-0.3, -0.25) is 0 Å². The number of benzene rings is 3. The van der Waals surface area contributed by atoms with Crippen LogP contribution in [0.5, 0.6) is 0 Å². The number of fused-ring (bicyclic) bond motifs is 3. The normalized spacial score (nSPS) is 10.9. The van der Waals surface area contributed by atoms with Crippen LogP contribution in [-0.2, 0) is 39.0 Å². The third-order valence-electron chi connectivity index (χ3n) is 5.62. The maximum absolute atomic E-state index is 10.1. The van der Waals surface area contributed by atoms with Crippen LogP contribution < -0.4 is 0 Å². The van der Waals surface area contributed by atoms with Gasteiger partial charge in [0.15, 0.2) is 0 Å². The molecule has 3 heterocycles. The Morgan fingerprint density at radius 1 is 0.682 bits per heavy atom. The molecule has 2 atom stereocenters. The number of nitrogens with zero attached hydrogens (tertiary/aromatic N) is 3. The van der Waals surface area contributed by atoms with Crippen LogP contribution in [0.15, 0.2) is 122 Å². The van der Waals surface area contributed by atoms with Gasteiger partial charge < -0.3 is 25.3 Å². The summed E-state index contributed by atoms with van der Waals surface area (Å²) in [5, 5.41) is 28.9. The number of rotatable bonds is 4. The number of carboxylic acid groups (broad SMARTS) is 1. The molecule has 0 aliphatic rings.